The average Bonchev–Trinajstić information content (AvgIpc) is 3.07. The molecule has 2 amide bonds. The van der Waals surface area contributed by atoms with Gasteiger partial charge in [0.05, 0.1) is 25.2 Å². The Balaban J connectivity index is 1.67. The zero-order valence-corrected chi connectivity index (χ0v) is 20.4. The van der Waals surface area contributed by atoms with Crippen LogP contribution in [0.1, 0.15) is 23.6 Å². The third kappa shape index (κ3) is 6.32. The van der Waals surface area contributed by atoms with E-state index >= 15 is 0 Å². The van der Waals surface area contributed by atoms with Gasteiger partial charge in [0.25, 0.3) is 11.1 Å². The lowest BCUT2D eigenvalue weighted by Crippen LogP contribution is -2.32. The summed E-state index contributed by atoms with van der Waals surface area (Å²) in [6.45, 7) is 5.95. The van der Waals surface area contributed by atoms with Crippen LogP contribution in [0.15, 0.2) is 41.3 Å². The predicted octanol–water partition coefficient (Wildman–Crippen LogP) is 4.37. The summed E-state index contributed by atoms with van der Waals surface area (Å²) in [6, 6.07) is 10.9. The topological polar surface area (TPSA) is 91.4 Å². The molecule has 1 saturated heterocycles. The van der Waals surface area contributed by atoms with Crippen molar-refractivity contribution in [2.45, 2.75) is 20.8 Å². The van der Waals surface area contributed by atoms with Gasteiger partial charge in [-0.2, -0.15) is 0 Å². The molecule has 2 aromatic rings. The Labute approximate surface area is 202 Å². The lowest BCUT2D eigenvalue weighted by Gasteiger charge is -2.14. The van der Waals surface area contributed by atoms with Crippen LogP contribution in [0.25, 0.3) is 6.08 Å². The van der Waals surface area contributed by atoms with Crippen LogP contribution in [0, 0.1) is 13.8 Å². The number of nitrogens with zero attached hydrogens (tertiary/aromatic N) is 1. The molecule has 0 atom stereocenters. The van der Waals surface area contributed by atoms with Gasteiger partial charge in [-0.15, -0.1) is 0 Å². The van der Waals surface area contributed by atoms with Crippen molar-refractivity contribution in [1.82, 2.24) is 4.90 Å². The van der Waals surface area contributed by atoms with E-state index in [2.05, 4.69) is 0 Å². The second kappa shape index (κ2) is 11.6. The molecular weight excluding hydrogens is 458 g/mol. The van der Waals surface area contributed by atoms with Crippen LogP contribution in [0.5, 0.6) is 17.2 Å². The molecule has 34 heavy (non-hydrogen) atoms. The molecule has 1 fully saturated rings. The van der Waals surface area contributed by atoms with E-state index < -0.39 is 5.97 Å². The van der Waals surface area contributed by atoms with Gasteiger partial charge in [-0.05, 0) is 73.5 Å². The Kier molecular flexibility index (Phi) is 8.59. The minimum Gasteiger partial charge on any atom is -0.493 e. The van der Waals surface area contributed by atoms with Crippen LogP contribution < -0.4 is 14.2 Å². The standard InChI is InChI=1S/C25H27NO7S/c1-5-31-23(27)15-33-21-13-18(8-9-19(21)30-4)14-22-24(28)26(25(29)34-22)10-11-32-20-12-16(2)6-7-17(20)3/h6-9,12-14H,5,10-11,15H2,1-4H3/b22-14-. The molecule has 3 rings (SSSR count). The normalized spacial score (nSPS) is 14.5. The Hall–Kier alpha value is -3.46. The number of hydrogen-bond donors (Lipinski definition) is 0. The number of methoxy groups -OCH3 is 1. The molecular formula is C25H27NO7S. The molecule has 0 bridgehead atoms. The fourth-order valence-corrected chi connectivity index (χ4v) is 4.05. The number of imide groups is 1. The average molecular weight is 486 g/mol. The number of ether oxygens (including phenoxy) is 4. The highest BCUT2D eigenvalue weighted by Gasteiger charge is 2.34. The number of rotatable bonds is 10. The van der Waals surface area contributed by atoms with E-state index in [1.54, 1.807) is 31.2 Å². The van der Waals surface area contributed by atoms with E-state index in [-0.39, 0.29) is 37.5 Å². The van der Waals surface area contributed by atoms with Crippen molar-refractivity contribution in [3.63, 3.8) is 0 Å². The van der Waals surface area contributed by atoms with Gasteiger partial charge >= 0.3 is 5.97 Å². The molecule has 0 spiro atoms. The van der Waals surface area contributed by atoms with Crippen molar-refractivity contribution in [2.24, 2.45) is 0 Å². The number of carbonyl (C=O) groups excluding carboxylic acids is 3. The molecule has 1 heterocycles. The fourth-order valence-electron chi connectivity index (χ4n) is 3.19. The number of hydrogen-bond acceptors (Lipinski definition) is 8. The van der Waals surface area contributed by atoms with Crippen molar-refractivity contribution in [3.8, 4) is 17.2 Å². The van der Waals surface area contributed by atoms with Crippen molar-refractivity contribution in [1.29, 1.82) is 0 Å². The first-order valence-corrected chi connectivity index (χ1v) is 11.6. The van der Waals surface area contributed by atoms with Crippen molar-refractivity contribution < 1.29 is 33.3 Å². The minimum absolute atomic E-state index is 0.145. The van der Waals surface area contributed by atoms with Gasteiger partial charge in [0.1, 0.15) is 12.4 Å². The van der Waals surface area contributed by atoms with Gasteiger partial charge in [-0.3, -0.25) is 14.5 Å². The van der Waals surface area contributed by atoms with Crippen LogP contribution in [-0.4, -0.2) is 55.5 Å². The van der Waals surface area contributed by atoms with E-state index in [0.717, 1.165) is 28.6 Å². The highest BCUT2D eigenvalue weighted by molar-refractivity contribution is 8.18. The molecule has 8 nitrogen and oxygen atoms in total. The van der Waals surface area contributed by atoms with Crippen LogP contribution in [0.4, 0.5) is 4.79 Å². The SMILES string of the molecule is CCOC(=O)COc1cc(/C=C2\SC(=O)N(CCOc3cc(C)ccc3C)C2=O)ccc1OC. The third-order valence-corrected chi connectivity index (χ3v) is 5.83. The maximum absolute atomic E-state index is 12.8. The maximum Gasteiger partial charge on any atom is 0.344 e. The van der Waals surface area contributed by atoms with Gasteiger partial charge in [-0.25, -0.2) is 4.79 Å². The number of thioether (sulfide) groups is 1. The predicted molar refractivity (Wildman–Crippen MR) is 129 cm³/mol. The van der Waals surface area contributed by atoms with E-state index in [1.165, 1.54) is 12.0 Å². The molecule has 0 unspecified atom stereocenters. The Morgan fingerprint density at radius 3 is 2.56 bits per heavy atom. The number of carbonyl (C=O) groups is 3. The first kappa shape index (κ1) is 25.2. The van der Waals surface area contributed by atoms with E-state index in [1.807, 2.05) is 32.0 Å². The zero-order chi connectivity index (χ0) is 24.7. The summed E-state index contributed by atoms with van der Waals surface area (Å²) in [6.07, 6.45) is 1.60. The molecule has 0 saturated carbocycles. The first-order chi connectivity index (χ1) is 16.3. The molecule has 0 aliphatic carbocycles. The van der Waals surface area contributed by atoms with E-state index in [9.17, 15) is 14.4 Å². The maximum atomic E-state index is 12.8. The first-order valence-electron chi connectivity index (χ1n) is 10.7. The number of amides is 2. The van der Waals surface area contributed by atoms with Crippen molar-refractivity contribution in [2.75, 3.05) is 33.5 Å². The second-order valence-corrected chi connectivity index (χ2v) is 8.45. The summed E-state index contributed by atoms with van der Waals surface area (Å²) in [5, 5.41) is -0.354. The van der Waals surface area contributed by atoms with Gasteiger partial charge in [-0.1, -0.05) is 18.2 Å². The fraction of sp³-hybridized carbons (Fsp3) is 0.320. The lowest BCUT2D eigenvalue weighted by molar-refractivity contribution is -0.145. The van der Waals surface area contributed by atoms with Crippen molar-refractivity contribution in [3.05, 3.63) is 58.0 Å². The Bertz CT molecular complexity index is 1110. The molecule has 0 N–H and O–H groups in total. The summed E-state index contributed by atoms with van der Waals surface area (Å²) in [7, 11) is 1.48. The van der Waals surface area contributed by atoms with Crippen LogP contribution in [0.2, 0.25) is 0 Å². The van der Waals surface area contributed by atoms with Crippen LogP contribution >= 0.6 is 11.8 Å². The Morgan fingerprint density at radius 2 is 1.82 bits per heavy atom. The molecule has 2 aromatic carbocycles. The highest BCUT2D eigenvalue weighted by Crippen LogP contribution is 2.34. The quantitative estimate of drug-likeness (QED) is 0.362. The largest absolute Gasteiger partial charge is 0.493 e. The van der Waals surface area contributed by atoms with Gasteiger partial charge in [0, 0.05) is 0 Å². The highest BCUT2D eigenvalue weighted by atomic mass is 32.2. The Morgan fingerprint density at radius 1 is 1.03 bits per heavy atom. The van der Waals surface area contributed by atoms with Crippen LogP contribution in [-0.2, 0) is 14.3 Å². The van der Waals surface area contributed by atoms with E-state index in [4.69, 9.17) is 18.9 Å². The van der Waals surface area contributed by atoms with Gasteiger partial charge in [0.2, 0.25) is 0 Å². The molecule has 1 aliphatic heterocycles. The summed E-state index contributed by atoms with van der Waals surface area (Å²) >= 11 is 0.866. The third-order valence-electron chi connectivity index (χ3n) is 4.93. The number of aryl methyl sites for hydroxylation is 2. The zero-order valence-electron chi connectivity index (χ0n) is 19.6. The summed E-state index contributed by atoms with van der Waals surface area (Å²) in [4.78, 5) is 38.3. The number of benzene rings is 2. The molecule has 1 aliphatic rings. The monoisotopic (exact) mass is 485 g/mol. The molecule has 0 radical (unpaired) electrons. The van der Waals surface area contributed by atoms with Crippen LogP contribution in [0.3, 0.4) is 0 Å². The molecule has 0 aromatic heterocycles. The van der Waals surface area contributed by atoms with E-state index in [0.29, 0.717) is 22.0 Å². The summed E-state index contributed by atoms with van der Waals surface area (Å²) in [5.74, 6) is 0.600. The molecule has 180 valence electrons. The van der Waals surface area contributed by atoms with Gasteiger partial charge in [0.15, 0.2) is 18.1 Å². The summed E-state index contributed by atoms with van der Waals surface area (Å²) < 4.78 is 21.4. The van der Waals surface area contributed by atoms with Crippen molar-refractivity contribution >= 4 is 35.0 Å². The second-order valence-electron chi connectivity index (χ2n) is 7.45. The van der Waals surface area contributed by atoms with Gasteiger partial charge < -0.3 is 18.9 Å². The summed E-state index contributed by atoms with van der Waals surface area (Å²) in [5.41, 5.74) is 2.68. The molecule has 9 heteroatoms. The lowest BCUT2D eigenvalue weighted by atomic mass is 10.1. The minimum atomic E-state index is -0.501. The smallest absolute Gasteiger partial charge is 0.344 e. The number of esters is 1.